The number of para-hydroxylation sites is 1. The van der Waals surface area contributed by atoms with Crippen molar-refractivity contribution in [1.82, 2.24) is 0 Å². The molecular weight excluding hydrogens is 166 g/mol. The molecular formula is C10H9NO2. The third kappa shape index (κ3) is 1.28. The molecule has 1 N–H and O–H groups in total. The fourth-order valence-electron chi connectivity index (χ4n) is 1.19. The van der Waals surface area contributed by atoms with Crippen molar-refractivity contribution < 1.29 is 9.15 Å². The van der Waals surface area contributed by atoms with Crippen molar-refractivity contribution in [3.05, 3.63) is 36.1 Å². The van der Waals surface area contributed by atoms with Gasteiger partial charge >= 0.3 is 0 Å². The molecule has 0 spiro atoms. The van der Waals surface area contributed by atoms with E-state index < -0.39 is 0 Å². The highest BCUT2D eigenvalue weighted by atomic mass is 16.5. The van der Waals surface area contributed by atoms with E-state index in [4.69, 9.17) is 14.6 Å². The van der Waals surface area contributed by atoms with Crippen LogP contribution in [0.4, 0.5) is 0 Å². The summed E-state index contributed by atoms with van der Waals surface area (Å²) in [6.45, 7) is 0. The second-order valence-corrected chi connectivity index (χ2v) is 2.68. The summed E-state index contributed by atoms with van der Waals surface area (Å²) in [4.78, 5) is 0. The van der Waals surface area contributed by atoms with Gasteiger partial charge in [-0.1, -0.05) is 18.2 Å². The minimum atomic E-state index is 0.0520. The van der Waals surface area contributed by atoms with E-state index in [0.29, 0.717) is 5.76 Å². The molecule has 2 rings (SSSR count). The molecule has 0 saturated heterocycles. The normalized spacial score (nSPS) is 10.2. The number of hydrogen-bond donors (Lipinski definition) is 1. The van der Waals surface area contributed by atoms with Crippen LogP contribution in [0, 0.1) is 5.41 Å². The predicted octanol–water partition coefficient (Wildman–Crippen LogP) is 2.40. The van der Waals surface area contributed by atoms with Crippen molar-refractivity contribution in [2.24, 2.45) is 0 Å². The molecule has 0 radical (unpaired) electrons. The lowest BCUT2D eigenvalue weighted by molar-refractivity contribution is 0.387. The third-order valence-electron chi connectivity index (χ3n) is 1.85. The Kier molecular flexibility index (Phi) is 1.77. The first kappa shape index (κ1) is 7.86. The number of benzene rings is 1. The lowest BCUT2D eigenvalue weighted by atomic mass is 10.2. The maximum Gasteiger partial charge on any atom is 0.249 e. The molecule has 2 aromatic rings. The standard InChI is InChI=1S/C10H9NO2/c1-12-10(11)9-6-7-4-2-3-5-8(7)13-9/h2-6,11H,1H3. The maximum atomic E-state index is 7.39. The molecule has 0 atom stereocenters. The molecule has 0 amide bonds. The molecule has 1 aromatic heterocycles. The minimum Gasteiger partial charge on any atom is -0.479 e. The van der Waals surface area contributed by atoms with Crippen LogP contribution in [0.2, 0.25) is 0 Å². The van der Waals surface area contributed by atoms with Crippen LogP contribution >= 0.6 is 0 Å². The quantitative estimate of drug-likeness (QED) is 0.534. The Morgan fingerprint density at radius 2 is 2.15 bits per heavy atom. The van der Waals surface area contributed by atoms with Crippen molar-refractivity contribution in [3.63, 3.8) is 0 Å². The van der Waals surface area contributed by atoms with Crippen LogP contribution in [0.15, 0.2) is 34.7 Å². The second kappa shape index (κ2) is 2.94. The van der Waals surface area contributed by atoms with E-state index in [1.807, 2.05) is 24.3 Å². The number of furan rings is 1. The Bertz CT molecular complexity index is 412. The van der Waals surface area contributed by atoms with Gasteiger partial charge in [-0.25, -0.2) is 0 Å². The molecule has 1 aromatic carbocycles. The largest absolute Gasteiger partial charge is 0.479 e. The average Bonchev–Trinajstić information content (AvgIpc) is 2.59. The van der Waals surface area contributed by atoms with Gasteiger partial charge in [-0.05, 0) is 12.1 Å². The summed E-state index contributed by atoms with van der Waals surface area (Å²) in [5.74, 6) is 0.514. The van der Waals surface area contributed by atoms with E-state index in [1.165, 1.54) is 7.11 Å². The van der Waals surface area contributed by atoms with Gasteiger partial charge in [0.2, 0.25) is 5.90 Å². The molecule has 3 heteroatoms. The van der Waals surface area contributed by atoms with E-state index in [-0.39, 0.29) is 5.90 Å². The smallest absolute Gasteiger partial charge is 0.249 e. The van der Waals surface area contributed by atoms with Gasteiger partial charge in [0.05, 0.1) is 7.11 Å². The Hall–Kier alpha value is -1.77. The van der Waals surface area contributed by atoms with Crippen LogP contribution in [-0.2, 0) is 4.74 Å². The van der Waals surface area contributed by atoms with Crippen molar-refractivity contribution in [1.29, 1.82) is 5.41 Å². The van der Waals surface area contributed by atoms with E-state index in [9.17, 15) is 0 Å². The molecule has 0 bridgehead atoms. The lowest BCUT2D eigenvalue weighted by Crippen LogP contribution is -1.98. The van der Waals surface area contributed by atoms with E-state index in [0.717, 1.165) is 11.0 Å². The molecule has 3 nitrogen and oxygen atoms in total. The third-order valence-corrected chi connectivity index (χ3v) is 1.85. The number of hydrogen-bond acceptors (Lipinski definition) is 3. The maximum absolute atomic E-state index is 7.39. The number of nitrogens with one attached hydrogen (secondary N) is 1. The summed E-state index contributed by atoms with van der Waals surface area (Å²) < 4.78 is 10.1. The first-order valence-electron chi connectivity index (χ1n) is 3.93. The van der Waals surface area contributed by atoms with Gasteiger partial charge in [0, 0.05) is 5.39 Å². The highest BCUT2D eigenvalue weighted by Crippen LogP contribution is 2.18. The van der Waals surface area contributed by atoms with Gasteiger partial charge in [-0.2, -0.15) is 0 Å². The highest BCUT2D eigenvalue weighted by Gasteiger charge is 2.07. The van der Waals surface area contributed by atoms with Crippen LogP contribution in [0.5, 0.6) is 0 Å². The lowest BCUT2D eigenvalue weighted by Gasteiger charge is -1.94. The molecule has 13 heavy (non-hydrogen) atoms. The van der Waals surface area contributed by atoms with Crippen molar-refractivity contribution in [2.45, 2.75) is 0 Å². The zero-order valence-electron chi connectivity index (χ0n) is 7.20. The summed E-state index contributed by atoms with van der Waals surface area (Å²) in [6.07, 6.45) is 0. The van der Waals surface area contributed by atoms with Gasteiger partial charge < -0.3 is 9.15 Å². The number of fused-ring (bicyclic) bond motifs is 1. The van der Waals surface area contributed by atoms with E-state index in [1.54, 1.807) is 6.07 Å². The highest BCUT2D eigenvalue weighted by molar-refractivity contribution is 5.93. The molecule has 66 valence electrons. The minimum absolute atomic E-state index is 0.0520. The Morgan fingerprint density at radius 3 is 2.85 bits per heavy atom. The number of methoxy groups -OCH3 is 1. The Labute approximate surface area is 75.4 Å². The summed E-state index contributed by atoms with van der Waals surface area (Å²) >= 11 is 0. The van der Waals surface area contributed by atoms with Gasteiger partial charge in [0.15, 0.2) is 5.76 Å². The van der Waals surface area contributed by atoms with Crippen LogP contribution in [-0.4, -0.2) is 13.0 Å². The topological polar surface area (TPSA) is 46.2 Å². The average molecular weight is 175 g/mol. The predicted molar refractivity (Wildman–Crippen MR) is 50.1 cm³/mol. The van der Waals surface area contributed by atoms with Gasteiger partial charge in [-0.15, -0.1) is 0 Å². The molecule has 0 fully saturated rings. The molecule has 0 aliphatic rings. The van der Waals surface area contributed by atoms with Gasteiger partial charge in [0.25, 0.3) is 0 Å². The van der Waals surface area contributed by atoms with Crippen LogP contribution in [0.25, 0.3) is 11.0 Å². The number of rotatable bonds is 1. The first-order chi connectivity index (χ1) is 6.31. The number of ether oxygens (including phenoxy) is 1. The van der Waals surface area contributed by atoms with Crippen molar-refractivity contribution >= 4 is 16.9 Å². The molecule has 1 heterocycles. The zero-order chi connectivity index (χ0) is 9.26. The monoisotopic (exact) mass is 175 g/mol. The molecule has 0 saturated carbocycles. The van der Waals surface area contributed by atoms with E-state index >= 15 is 0 Å². The fraction of sp³-hybridized carbons (Fsp3) is 0.100. The van der Waals surface area contributed by atoms with Crippen LogP contribution in [0.3, 0.4) is 0 Å². The van der Waals surface area contributed by atoms with Crippen molar-refractivity contribution in [3.8, 4) is 0 Å². The fourth-order valence-corrected chi connectivity index (χ4v) is 1.19. The Balaban J connectivity index is 2.56. The first-order valence-corrected chi connectivity index (χ1v) is 3.93. The van der Waals surface area contributed by atoms with Gasteiger partial charge in [0.1, 0.15) is 5.58 Å². The molecule has 0 aliphatic carbocycles. The molecule has 0 aliphatic heterocycles. The SMILES string of the molecule is COC(=N)c1cc2ccccc2o1. The van der Waals surface area contributed by atoms with Crippen LogP contribution in [0.1, 0.15) is 5.76 Å². The zero-order valence-corrected chi connectivity index (χ0v) is 7.20. The summed E-state index contributed by atoms with van der Waals surface area (Å²) in [5, 5.41) is 8.38. The summed E-state index contributed by atoms with van der Waals surface area (Å²) in [6, 6.07) is 9.41. The summed E-state index contributed by atoms with van der Waals surface area (Å²) in [7, 11) is 1.45. The molecule has 0 unspecified atom stereocenters. The van der Waals surface area contributed by atoms with E-state index in [2.05, 4.69) is 0 Å². The Morgan fingerprint density at radius 1 is 1.38 bits per heavy atom. The van der Waals surface area contributed by atoms with Gasteiger partial charge in [-0.3, -0.25) is 5.41 Å². The summed E-state index contributed by atoms with van der Waals surface area (Å²) in [5.41, 5.74) is 0.777. The van der Waals surface area contributed by atoms with Crippen molar-refractivity contribution in [2.75, 3.05) is 7.11 Å². The van der Waals surface area contributed by atoms with Crippen LogP contribution < -0.4 is 0 Å². The second-order valence-electron chi connectivity index (χ2n) is 2.68.